The number of nitrogens with two attached hydrogens (primary N) is 1. The zero-order valence-electron chi connectivity index (χ0n) is 11.7. The van der Waals surface area contributed by atoms with Crippen molar-refractivity contribution < 1.29 is 9.53 Å². The van der Waals surface area contributed by atoms with Crippen LogP contribution in [-0.4, -0.2) is 12.1 Å². The van der Waals surface area contributed by atoms with E-state index in [4.69, 9.17) is 10.5 Å². The Kier molecular flexibility index (Phi) is 3.77. The van der Waals surface area contributed by atoms with Crippen molar-refractivity contribution >= 4 is 11.8 Å². The van der Waals surface area contributed by atoms with Crippen LogP contribution in [0.4, 0.5) is 10.5 Å². The first-order chi connectivity index (χ1) is 10.2. The Labute approximate surface area is 123 Å². The molecule has 0 unspecified atom stereocenters. The maximum Gasteiger partial charge on any atom is 0.407 e. The number of carbonyl (C=O) groups is 1. The summed E-state index contributed by atoms with van der Waals surface area (Å²) in [6, 6.07) is 15.6. The Morgan fingerprint density at radius 3 is 2.71 bits per heavy atom. The Balaban J connectivity index is 1.51. The number of amides is 1. The number of carbonyl (C=O) groups excluding carboxylic acids is 1. The largest absolute Gasteiger partial charge is 0.445 e. The first-order valence-corrected chi connectivity index (χ1v) is 7.05. The molecule has 0 bridgehead atoms. The van der Waals surface area contributed by atoms with E-state index in [-0.39, 0.29) is 12.1 Å². The van der Waals surface area contributed by atoms with Gasteiger partial charge in [-0.3, -0.25) is 0 Å². The molecule has 0 saturated carbocycles. The number of fused-ring (bicyclic) bond motifs is 1. The van der Waals surface area contributed by atoms with E-state index in [1.165, 1.54) is 11.1 Å². The molecule has 1 aliphatic rings. The number of alkyl carbamates (subject to hydrolysis) is 1. The van der Waals surface area contributed by atoms with Gasteiger partial charge in [0.15, 0.2) is 0 Å². The van der Waals surface area contributed by atoms with Crippen LogP contribution in [0.5, 0.6) is 0 Å². The lowest BCUT2D eigenvalue weighted by Crippen LogP contribution is -2.35. The number of nitrogen functional groups attached to an aromatic ring is 1. The van der Waals surface area contributed by atoms with Crippen molar-refractivity contribution in [3.63, 3.8) is 0 Å². The van der Waals surface area contributed by atoms with E-state index in [1.807, 2.05) is 48.5 Å². The minimum absolute atomic E-state index is 0.0880. The lowest BCUT2D eigenvalue weighted by Gasteiger charge is -2.12. The first kappa shape index (κ1) is 13.5. The Bertz CT molecular complexity index is 640. The third kappa shape index (κ3) is 3.34. The molecule has 0 spiro atoms. The zero-order valence-corrected chi connectivity index (χ0v) is 11.7. The van der Waals surface area contributed by atoms with E-state index in [0.29, 0.717) is 6.61 Å². The van der Waals surface area contributed by atoms with Crippen LogP contribution in [0, 0.1) is 0 Å². The van der Waals surface area contributed by atoms with Gasteiger partial charge in [-0.2, -0.15) is 0 Å². The molecule has 1 atom stereocenters. The number of benzene rings is 2. The minimum atomic E-state index is -0.371. The van der Waals surface area contributed by atoms with Crippen LogP contribution in [0.3, 0.4) is 0 Å². The summed E-state index contributed by atoms with van der Waals surface area (Å²) >= 11 is 0. The van der Waals surface area contributed by atoms with Crippen LogP contribution >= 0.6 is 0 Å². The van der Waals surface area contributed by atoms with E-state index in [1.54, 1.807) is 0 Å². The molecular formula is C17H18N2O2. The predicted molar refractivity (Wildman–Crippen MR) is 81.8 cm³/mol. The van der Waals surface area contributed by atoms with E-state index in [9.17, 15) is 4.79 Å². The fourth-order valence-electron chi connectivity index (χ4n) is 2.67. The van der Waals surface area contributed by atoms with Gasteiger partial charge >= 0.3 is 6.09 Å². The number of hydrogen-bond donors (Lipinski definition) is 2. The molecule has 0 saturated heterocycles. The molecule has 0 aromatic heterocycles. The molecule has 3 rings (SSSR count). The highest BCUT2D eigenvalue weighted by Gasteiger charge is 2.23. The molecule has 3 N–H and O–H groups in total. The van der Waals surface area contributed by atoms with Crippen molar-refractivity contribution in [3.8, 4) is 0 Å². The summed E-state index contributed by atoms with van der Waals surface area (Å²) in [5, 5.41) is 2.91. The average molecular weight is 282 g/mol. The molecule has 108 valence electrons. The van der Waals surface area contributed by atoms with E-state index < -0.39 is 0 Å². The van der Waals surface area contributed by atoms with Crippen molar-refractivity contribution in [3.05, 3.63) is 65.2 Å². The maximum absolute atomic E-state index is 11.8. The maximum atomic E-state index is 11.8. The number of nitrogens with one attached hydrogen (secondary N) is 1. The van der Waals surface area contributed by atoms with Crippen molar-refractivity contribution in [1.82, 2.24) is 5.32 Å². The highest BCUT2D eigenvalue weighted by molar-refractivity contribution is 5.68. The summed E-state index contributed by atoms with van der Waals surface area (Å²) in [6.07, 6.45) is 1.27. The quantitative estimate of drug-likeness (QED) is 0.851. The lowest BCUT2D eigenvalue weighted by atomic mass is 10.1. The summed E-state index contributed by atoms with van der Waals surface area (Å²) in [5.41, 5.74) is 9.98. The monoisotopic (exact) mass is 282 g/mol. The Morgan fingerprint density at radius 1 is 1.14 bits per heavy atom. The number of hydrogen-bond acceptors (Lipinski definition) is 3. The number of ether oxygens (including phenoxy) is 1. The van der Waals surface area contributed by atoms with Crippen molar-refractivity contribution in [2.45, 2.75) is 25.5 Å². The SMILES string of the molecule is Nc1ccc2c(c1)C[C@@H](NC(=O)OCc1ccccc1)C2. The topological polar surface area (TPSA) is 64.3 Å². The fraction of sp³-hybridized carbons (Fsp3) is 0.235. The molecule has 1 amide bonds. The third-order valence-corrected chi connectivity index (χ3v) is 3.70. The van der Waals surface area contributed by atoms with Crippen LogP contribution in [0.25, 0.3) is 0 Å². The molecule has 0 fully saturated rings. The third-order valence-electron chi connectivity index (χ3n) is 3.70. The molecule has 4 nitrogen and oxygen atoms in total. The van der Waals surface area contributed by atoms with Gasteiger partial charge < -0.3 is 15.8 Å². The van der Waals surface area contributed by atoms with E-state index in [2.05, 4.69) is 5.32 Å². The highest BCUT2D eigenvalue weighted by atomic mass is 16.5. The summed E-state index contributed by atoms with van der Waals surface area (Å²) in [4.78, 5) is 11.8. The van der Waals surface area contributed by atoms with Gasteiger partial charge in [0.2, 0.25) is 0 Å². The summed E-state index contributed by atoms with van der Waals surface area (Å²) in [6.45, 7) is 0.291. The van der Waals surface area contributed by atoms with Crippen LogP contribution in [0.15, 0.2) is 48.5 Å². The second-order valence-electron chi connectivity index (χ2n) is 5.34. The predicted octanol–water partition coefficient (Wildman–Crippen LogP) is 2.66. The van der Waals surface area contributed by atoms with Gasteiger partial charge in [-0.05, 0) is 41.7 Å². The molecular weight excluding hydrogens is 264 g/mol. The second-order valence-corrected chi connectivity index (χ2v) is 5.34. The van der Waals surface area contributed by atoms with Gasteiger partial charge in [-0.1, -0.05) is 36.4 Å². The number of rotatable bonds is 3. The van der Waals surface area contributed by atoms with E-state index in [0.717, 1.165) is 24.1 Å². The van der Waals surface area contributed by atoms with Gasteiger partial charge in [0.25, 0.3) is 0 Å². The molecule has 0 heterocycles. The van der Waals surface area contributed by atoms with Gasteiger partial charge in [0, 0.05) is 11.7 Å². The smallest absolute Gasteiger partial charge is 0.407 e. The first-order valence-electron chi connectivity index (χ1n) is 7.05. The van der Waals surface area contributed by atoms with Crippen LogP contribution < -0.4 is 11.1 Å². The molecule has 2 aromatic carbocycles. The molecule has 2 aromatic rings. The van der Waals surface area contributed by atoms with Gasteiger partial charge in [0.1, 0.15) is 6.61 Å². The summed E-state index contributed by atoms with van der Waals surface area (Å²) in [5.74, 6) is 0. The molecule has 21 heavy (non-hydrogen) atoms. The van der Waals surface area contributed by atoms with Gasteiger partial charge in [-0.15, -0.1) is 0 Å². The van der Waals surface area contributed by atoms with Crippen LogP contribution in [0.2, 0.25) is 0 Å². The Hall–Kier alpha value is -2.49. The van der Waals surface area contributed by atoms with Crippen molar-refractivity contribution in [2.24, 2.45) is 0 Å². The summed E-state index contributed by atoms with van der Waals surface area (Å²) < 4.78 is 5.24. The molecule has 0 radical (unpaired) electrons. The van der Waals surface area contributed by atoms with Gasteiger partial charge in [-0.25, -0.2) is 4.79 Å². The minimum Gasteiger partial charge on any atom is -0.445 e. The average Bonchev–Trinajstić information content (AvgIpc) is 2.87. The van der Waals surface area contributed by atoms with Crippen molar-refractivity contribution in [1.29, 1.82) is 0 Å². The second kappa shape index (κ2) is 5.87. The van der Waals surface area contributed by atoms with Crippen LogP contribution in [0.1, 0.15) is 16.7 Å². The van der Waals surface area contributed by atoms with Crippen molar-refractivity contribution in [2.75, 3.05) is 5.73 Å². The van der Waals surface area contributed by atoms with E-state index >= 15 is 0 Å². The lowest BCUT2D eigenvalue weighted by molar-refractivity contribution is 0.136. The fourth-order valence-corrected chi connectivity index (χ4v) is 2.67. The summed E-state index contributed by atoms with van der Waals surface area (Å²) in [7, 11) is 0. The highest BCUT2D eigenvalue weighted by Crippen LogP contribution is 2.24. The standard InChI is InChI=1S/C17H18N2O2/c18-15-7-6-13-9-16(10-14(13)8-15)19-17(20)21-11-12-4-2-1-3-5-12/h1-8,16H,9-11,18H2,(H,19,20)/t16-/m0/s1. The zero-order chi connectivity index (χ0) is 14.7. The normalized spacial score (nSPS) is 16.3. The molecule has 0 aliphatic heterocycles. The Morgan fingerprint density at radius 2 is 1.90 bits per heavy atom. The molecule has 1 aliphatic carbocycles. The number of anilines is 1. The van der Waals surface area contributed by atoms with Crippen LogP contribution in [-0.2, 0) is 24.2 Å². The molecule has 4 heteroatoms. The van der Waals surface area contributed by atoms with Gasteiger partial charge in [0.05, 0.1) is 0 Å².